The summed E-state index contributed by atoms with van der Waals surface area (Å²) in [5.74, 6) is -0.380. The highest BCUT2D eigenvalue weighted by Crippen LogP contribution is 2.63. The molecule has 0 aliphatic carbocycles. The maximum atomic E-state index is 12.8. The molecule has 6 nitrogen and oxygen atoms in total. The first kappa shape index (κ1) is 14.0. The van der Waals surface area contributed by atoms with Crippen LogP contribution in [0.3, 0.4) is 0 Å². The first-order valence-corrected chi connectivity index (χ1v) is 8.21. The van der Waals surface area contributed by atoms with Gasteiger partial charge in [0.25, 0.3) is 0 Å². The molecule has 18 heavy (non-hydrogen) atoms. The van der Waals surface area contributed by atoms with Crippen molar-refractivity contribution < 1.29 is 23.5 Å². The number of esters is 1. The molecule has 0 aromatic carbocycles. The van der Waals surface area contributed by atoms with Gasteiger partial charge < -0.3 is 9.26 Å². The van der Waals surface area contributed by atoms with Crippen LogP contribution in [0.2, 0.25) is 0 Å². The summed E-state index contributed by atoms with van der Waals surface area (Å²) in [6.45, 7) is 4.26. The Morgan fingerprint density at radius 2 is 2.17 bits per heavy atom. The van der Waals surface area contributed by atoms with Gasteiger partial charge in [0.2, 0.25) is 7.37 Å². The third kappa shape index (κ3) is 2.23. The van der Waals surface area contributed by atoms with E-state index in [1.807, 2.05) is 6.92 Å². The summed E-state index contributed by atoms with van der Waals surface area (Å²) in [5.41, 5.74) is -0.388. The molecule has 0 unspecified atom stereocenters. The molecule has 104 valence electrons. The summed E-state index contributed by atoms with van der Waals surface area (Å²) in [4.78, 5) is 17.6. The monoisotopic (exact) mass is 277 g/mol. The lowest BCUT2D eigenvalue weighted by molar-refractivity contribution is -0.171. The number of carbonyl (C=O) groups excluding carboxylic acids is 1. The van der Waals surface area contributed by atoms with E-state index in [9.17, 15) is 9.36 Å². The molecule has 0 amide bonds. The molecular weight excluding hydrogens is 257 g/mol. The van der Waals surface area contributed by atoms with E-state index in [0.717, 1.165) is 0 Å². The molecule has 2 heterocycles. The third-order valence-electron chi connectivity index (χ3n) is 3.45. The maximum Gasteiger partial charge on any atom is 0.326 e. The minimum Gasteiger partial charge on any atom is -0.465 e. The van der Waals surface area contributed by atoms with E-state index in [4.69, 9.17) is 14.1 Å². The molecule has 0 N–H and O–H groups in total. The molecule has 2 rings (SSSR count). The molecule has 0 radical (unpaired) electrons. The summed E-state index contributed by atoms with van der Waals surface area (Å²) < 4.78 is 23.2. The zero-order valence-electron chi connectivity index (χ0n) is 11.0. The van der Waals surface area contributed by atoms with Crippen molar-refractivity contribution in [2.24, 2.45) is 0 Å². The van der Waals surface area contributed by atoms with E-state index in [-0.39, 0.29) is 17.7 Å². The second-order valence-electron chi connectivity index (χ2n) is 4.53. The molecule has 2 aliphatic heterocycles. The second kappa shape index (κ2) is 5.29. The molecule has 4 atom stereocenters. The van der Waals surface area contributed by atoms with Crippen LogP contribution in [0.4, 0.5) is 0 Å². The van der Waals surface area contributed by atoms with Gasteiger partial charge in [0.05, 0.1) is 25.0 Å². The zero-order valence-corrected chi connectivity index (χ0v) is 11.9. The maximum absolute atomic E-state index is 12.8. The molecule has 0 saturated carbocycles. The van der Waals surface area contributed by atoms with Crippen LogP contribution in [0.1, 0.15) is 20.3 Å². The van der Waals surface area contributed by atoms with Crippen LogP contribution in [-0.4, -0.2) is 55.3 Å². The third-order valence-corrected chi connectivity index (χ3v) is 6.55. The van der Waals surface area contributed by atoms with Crippen LogP contribution in [-0.2, 0) is 23.5 Å². The highest BCUT2D eigenvalue weighted by atomic mass is 31.2. The van der Waals surface area contributed by atoms with Crippen LogP contribution in [0.25, 0.3) is 0 Å². The summed E-state index contributed by atoms with van der Waals surface area (Å²) in [5, 5.41) is 1.47. The van der Waals surface area contributed by atoms with Gasteiger partial charge >= 0.3 is 5.97 Å². The first-order valence-electron chi connectivity index (χ1n) is 6.33. The quantitative estimate of drug-likeness (QED) is 0.569. The number of ether oxygens (including phenoxy) is 1. The fourth-order valence-electron chi connectivity index (χ4n) is 2.79. The van der Waals surface area contributed by atoms with Crippen molar-refractivity contribution in [3.8, 4) is 0 Å². The smallest absolute Gasteiger partial charge is 0.326 e. The predicted molar refractivity (Wildman–Crippen MR) is 65.6 cm³/mol. The molecule has 7 heteroatoms. The normalized spacial score (nSPS) is 39.8. The SMILES string of the molecule is CCOC(=O)[C@H]1[C@H]2[C@H](CC[P@@]2(=O)OCC)ON1C. The van der Waals surface area contributed by atoms with Crippen molar-refractivity contribution in [3.63, 3.8) is 0 Å². The highest BCUT2D eigenvalue weighted by Gasteiger charge is 2.59. The van der Waals surface area contributed by atoms with E-state index in [0.29, 0.717) is 25.8 Å². The molecule has 2 fully saturated rings. The topological polar surface area (TPSA) is 65.1 Å². The van der Waals surface area contributed by atoms with Crippen LogP contribution < -0.4 is 0 Å². The number of nitrogens with zero attached hydrogens (tertiary/aromatic N) is 1. The van der Waals surface area contributed by atoms with Crippen LogP contribution >= 0.6 is 7.37 Å². The minimum absolute atomic E-state index is 0.193. The Bertz CT molecular complexity index is 368. The standard InChI is InChI=1S/C11H20NO5P/c1-4-15-11(13)9-10-8(17-12(9)3)6-7-18(10,14)16-5-2/h8-10H,4-7H2,1-3H3/t8-,9+,10+,18+/m0/s1. The van der Waals surface area contributed by atoms with Gasteiger partial charge in [0, 0.05) is 13.2 Å². The lowest BCUT2D eigenvalue weighted by Gasteiger charge is -2.24. The van der Waals surface area contributed by atoms with E-state index < -0.39 is 13.4 Å². The van der Waals surface area contributed by atoms with Gasteiger partial charge in [-0.2, -0.15) is 5.06 Å². The average Bonchev–Trinajstić information content (AvgIpc) is 2.78. The Hall–Kier alpha value is -0.420. The molecule has 0 spiro atoms. The molecule has 2 saturated heterocycles. The second-order valence-corrected chi connectivity index (χ2v) is 7.29. The molecular formula is C11H20NO5P. The van der Waals surface area contributed by atoms with E-state index in [1.54, 1.807) is 14.0 Å². The number of likely N-dealkylation sites (N-methyl/N-ethyl adjacent to an activating group) is 1. The Labute approximate surface area is 107 Å². The van der Waals surface area contributed by atoms with Crippen LogP contribution in [0.5, 0.6) is 0 Å². The van der Waals surface area contributed by atoms with Gasteiger partial charge in [-0.3, -0.25) is 14.2 Å². The Balaban J connectivity index is 2.23. The van der Waals surface area contributed by atoms with Gasteiger partial charge in [-0.15, -0.1) is 0 Å². The van der Waals surface area contributed by atoms with Crippen molar-refractivity contribution in [3.05, 3.63) is 0 Å². The van der Waals surface area contributed by atoms with E-state index in [1.165, 1.54) is 5.06 Å². The largest absolute Gasteiger partial charge is 0.465 e. The predicted octanol–water partition coefficient (Wildman–Crippen LogP) is 1.25. The van der Waals surface area contributed by atoms with Gasteiger partial charge in [-0.1, -0.05) is 0 Å². The fourth-order valence-corrected chi connectivity index (χ4v) is 5.89. The summed E-state index contributed by atoms with van der Waals surface area (Å²) in [7, 11) is -1.14. The van der Waals surface area contributed by atoms with Crippen molar-refractivity contribution >= 4 is 13.3 Å². The van der Waals surface area contributed by atoms with Crippen LogP contribution in [0.15, 0.2) is 0 Å². The Kier molecular flexibility index (Phi) is 4.11. The zero-order chi connectivity index (χ0) is 13.3. The first-order chi connectivity index (χ1) is 8.53. The number of rotatable bonds is 4. The lowest BCUT2D eigenvalue weighted by atomic mass is 10.1. The molecule has 0 aromatic heterocycles. The van der Waals surface area contributed by atoms with Crippen LogP contribution in [0, 0.1) is 0 Å². The number of carbonyl (C=O) groups is 1. The number of fused-ring (bicyclic) bond motifs is 1. The molecule has 0 bridgehead atoms. The highest BCUT2D eigenvalue weighted by molar-refractivity contribution is 7.60. The number of hydroxylamine groups is 2. The number of hydrogen-bond acceptors (Lipinski definition) is 6. The van der Waals surface area contributed by atoms with E-state index >= 15 is 0 Å². The van der Waals surface area contributed by atoms with E-state index in [2.05, 4.69) is 0 Å². The van der Waals surface area contributed by atoms with Gasteiger partial charge in [-0.25, -0.2) is 0 Å². The van der Waals surface area contributed by atoms with Gasteiger partial charge in [-0.05, 0) is 20.3 Å². The van der Waals surface area contributed by atoms with Crippen molar-refractivity contribution in [1.29, 1.82) is 0 Å². The van der Waals surface area contributed by atoms with Crippen molar-refractivity contribution in [1.82, 2.24) is 5.06 Å². The summed E-state index contributed by atoms with van der Waals surface area (Å²) >= 11 is 0. The molecule has 0 aromatic rings. The summed E-state index contributed by atoms with van der Waals surface area (Å²) in [6, 6.07) is -0.616. The molecule has 2 aliphatic rings. The lowest BCUT2D eigenvalue weighted by Crippen LogP contribution is -2.41. The Morgan fingerprint density at radius 1 is 1.44 bits per heavy atom. The Morgan fingerprint density at radius 3 is 2.78 bits per heavy atom. The number of hydrogen-bond donors (Lipinski definition) is 0. The van der Waals surface area contributed by atoms with Gasteiger partial charge in [0.15, 0.2) is 0 Å². The van der Waals surface area contributed by atoms with Crippen molar-refractivity contribution in [2.45, 2.75) is 38.1 Å². The minimum atomic E-state index is -2.81. The fraction of sp³-hybridized carbons (Fsp3) is 0.909. The summed E-state index contributed by atoms with van der Waals surface area (Å²) in [6.07, 6.45) is 0.962. The average molecular weight is 277 g/mol. The van der Waals surface area contributed by atoms with Gasteiger partial charge in [0.1, 0.15) is 6.04 Å². The van der Waals surface area contributed by atoms with Crippen molar-refractivity contribution in [2.75, 3.05) is 26.4 Å².